The molecule has 1 aromatic rings. The molecular weight excluding hydrogens is 252 g/mol. The highest BCUT2D eigenvalue weighted by Gasteiger charge is 2.13. The van der Waals surface area contributed by atoms with E-state index in [4.69, 9.17) is 4.74 Å². The first-order valence-corrected chi connectivity index (χ1v) is 7.41. The highest BCUT2D eigenvalue weighted by atomic mass is 16.5. The van der Waals surface area contributed by atoms with E-state index in [1.54, 1.807) is 7.11 Å². The molecule has 0 fully saturated rings. The summed E-state index contributed by atoms with van der Waals surface area (Å²) in [6, 6.07) is 6.34. The molecule has 0 saturated heterocycles. The van der Waals surface area contributed by atoms with Crippen molar-refractivity contribution in [3.05, 3.63) is 29.3 Å². The van der Waals surface area contributed by atoms with Crippen molar-refractivity contribution in [2.24, 2.45) is 0 Å². The Morgan fingerprint density at radius 3 is 3.00 bits per heavy atom. The maximum Gasteiger partial charge on any atom is 0.239 e. The highest BCUT2D eigenvalue weighted by molar-refractivity contribution is 5.81. The van der Waals surface area contributed by atoms with Crippen LogP contribution in [0.2, 0.25) is 0 Å². The fourth-order valence-electron chi connectivity index (χ4n) is 2.63. The summed E-state index contributed by atoms with van der Waals surface area (Å²) in [7, 11) is 1.67. The predicted octanol–water partition coefficient (Wildman–Crippen LogP) is 2.13. The molecule has 0 radical (unpaired) electrons. The number of anilines is 1. The second kappa shape index (κ2) is 7.90. The number of carbonyl (C=O) groups is 1. The van der Waals surface area contributed by atoms with Crippen LogP contribution < -0.4 is 10.6 Å². The molecule has 20 heavy (non-hydrogen) atoms. The summed E-state index contributed by atoms with van der Waals surface area (Å²) >= 11 is 0. The molecule has 0 spiro atoms. The molecule has 4 nitrogen and oxygen atoms in total. The average molecular weight is 276 g/mol. The van der Waals surface area contributed by atoms with Gasteiger partial charge in [-0.05, 0) is 49.3 Å². The number of ether oxygens (including phenoxy) is 1. The van der Waals surface area contributed by atoms with Crippen LogP contribution in [-0.2, 0) is 22.4 Å². The van der Waals surface area contributed by atoms with Gasteiger partial charge in [-0.3, -0.25) is 4.79 Å². The summed E-state index contributed by atoms with van der Waals surface area (Å²) in [5.74, 6) is 0.0366. The van der Waals surface area contributed by atoms with Crippen molar-refractivity contribution >= 4 is 11.6 Å². The zero-order valence-electron chi connectivity index (χ0n) is 12.2. The van der Waals surface area contributed by atoms with Gasteiger partial charge >= 0.3 is 0 Å². The van der Waals surface area contributed by atoms with Crippen LogP contribution in [-0.4, -0.2) is 32.7 Å². The smallest absolute Gasteiger partial charge is 0.239 e. The Hall–Kier alpha value is -1.55. The van der Waals surface area contributed by atoms with E-state index in [1.807, 2.05) is 0 Å². The van der Waals surface area contributed by atoms with E-state index in [0.29, 0.717) is 19.7 Å². The lowest BCUT2D eigenvalue weighted by molar-refractivity contribution is -0.119. The topological polar surface area (TPSA) is 50.4 Å². The van der Waals surface area contributed by atoms with Gasteiger partial charge in [-0.1, -0.05) is 12.1 Å². The van der Waals surface area contributed by atoms with E-state index in [9.17, 15) is 4.79 Å². The standard InChI is InChI=1S/C16H24N2O2/c1-20-11-5-10-17-16(19)12-18-15-9-4-7-13-6-2-3-8-14(13)15/h4,7,9,18H,2-3,5-6,8,10-12H2,1H3,(H,17,19). The molecule has 0 unspecified atom stereocenters. The summed E-state index contributed by atoms with van der Waals surface area (Å²) in [5.41, 5.74) is 3.95. The molecule has 0 saturated carbocycles. The number of benzene rings is 1. The lowest BCUT2D eigenvalue weighted by atomic mass is 9.90. The molecule has 1 aliphatic rings. The van der Waals surface area contributed by atoms with Crippen molar-refractivity contribution in [1.82, 2.24) is 5.32 Å². The van der Waals surface area contributed by atoms with Crippen LogP contribution in [0.25, 0.3) is 0 Å². The third kappa shape index (κ3) is 4.23. The Balaban J connectivity index is 1.80. The Morgan fingerprint density at radius 1 is 1.30 bits per heavy atom. The van der Waals surface area contributed by atoms with Gasteiger partial charge in [0, 0.05) is 25.9 Å². The number of hydrogen-bond donors (Lipinski definition) is 2. The number of hydrogen-bond acceptors (Lipinski definition) is 3. The predicted molar refractivity (Wildman–Crippen MR) is 81.1 cm³/mol. The Labute approximate surface area is 120 Å². The molecule has 0 heterocycles. The third-order valence-electron chi connectivity index (χ3n) is 3.68. The van der Waals surface area contributed by atoms with Crippen molar-refractivity contribution in [2.75, 3.05) is 32.1 Å². The Bertz CT molecular complexity index is 446. The molecular formula is C16H24N2O2. The van der Waals surface area contributed by atoms with Crippen LogP contribution in [0, 0.1) is 0 Å². The molecule has 1 amide bonds. The summed E-state index contributed by atoms with van der Waals surface area (Å²) in [6.07, 6.45) is 5.65. The van der Waals surface area contributed by atoms with Crippen LogP contribution >= 0.6 is 0 Å². The zero-order chi connectivity index (χ0) is 14.2. The molecule has 2 rings (SSSR count). The van der Waals surface area contributed by atoms with E-state index in [1.165, 1.54) is 24.0 Å². The average Bonchev–Trinajstić information content (AvgIpc) is 2.49. The largest absolute Gasteiger partial charge is 0.385 e. The molecule has 1 aliphatic carbocycles. The molecule has 0 bridgehead atoms. The summed E-state index contributed by atoms with van der Waals surface area (Å²) < 4.78 is 4.95. The molecule has 1 aromatic carbocycles. The van der Waals surface area contributed by atoms with Crippen LogP contribution in [0.5, 0.6) is 0 Å². The lowest BCUT2D eigenvalue weighted by Gasteiger charge is -2.20. The van der Waals surface area contributed by atoms with Crippen molar-refractivity contribution in [1.29, 1.82) is 0 Å². The van der Waals surface area contributed by atoms with E-state index in [-0.39, 0.29) is 5.91 Å². The zero-order valence-corrected chi connectivity index (χ0v) is 12.2. The maximum atomic E-state index is 11.7. The minimum Gasteiger partial charge on any atom is -0.385 e. The maximum absolute atomic E-state index is 11.7. The Kier molecular flexibility index (Phi) is 5.87. The van der Waals surface area contributed by atoms with Gasteiger partial charge in [-0.25, -0.2) is 0 Å². The number of fused-ring (bicyclic) bond motifs is 1. The second-order valence-corrected chi connectivity index (χ2v) is 5.20. The van der Waals surface area contributed by atoms with E-state index < -0.39 is 0 Å². The van der Waals surface area contributed by atoms with Crippen molar-refractivity contribution in [3.8, 4) is 0 Å². The molecule has 4 heteroatoms. The van der Waals surface area contributed by atoms with E-state index in [2.05, 4.69) is 28.8 Å². The van der Waals surface area contributed by atoms with Gasteiger partial charge in [0.25, 0.3) is 0 Å². The lowest BCUT2D eigenvalue weighted by Crippen LogP contribution is -2.31. The number of amides is 1. The van der Waals surface area contributed by atoms with Gasteiger partial charge in [0.2, 0.25) is 5.91 Å². The summed E-state index contributed by atoms with van der Waals surface area (Å²) in [6.45, 7) is 1.69. The molecule has 0 aromatic heterocycles. The van der Waals surface area contributed by atoms with Gasteiger partial charge in [0.15, 0.2) is 0 Å². The molecule has 2 N–H and O–H groups in total. The third-order valence-corrected chi connectivity index (χ3v) is 3.68. The number of rotatable bonds is 7. The van der Waals surface area contributed by atoms with Crippen molar-refractivity contribution in [2.45, 2.75) is 32.1 Å². The van der Waals surface area contributed by atoms with Crippen molar-refractivity contribution in [3.63, 3.8) is 0 Å². The quantitative estimate of drug-likeness (QED) is 0.750. The Morgan fingerprint density at radius 2 is 2.15 bits per heavy atom. The second-order valence-electron chi connectivity index (χ2n) is 5.20. The fraction of sp³-hybridized carbons (Fsp3) is 0.562. The van der Waals surface area contributed by atoms with Gasteiger partial charge in [-0.15, -0.1) is 0 Å². The van der Waals surface area contributed by atoms with E-state index in [0.717, 1.165) is 24.9 Å². The van der Waals surface area contributed by atoms with Gasteiger partial charge < -0.3 is 15.4 Å². The van der Waals surface area contributed by atoms with Crippen molar-refractivity contribution < 1.29 is 9.53 Å². The number of aryl methyl sites for hydroxylation is 1. The van der Waals surface area contributed by atoms with E-state index >= 15 is 0 Å². The number of nitrogens with one attached hydrogen (secondary N) is 2. The number of carbonyl (C=O) groups excluding carboxylic acids is 1. The van der Waals surface area contributed by atoms with Crippen LogP contribution in [0.4, 0.5) is 5.69 Å². The molecule has 0 atom stereocenters. The first kappa shape index (κ1) is 14.9. The van der Waals surface area contributed by atoms with Gasteiger partial charge in [0.1, 0.15) is 0 Å². The first-order chi connectivity index (χ1) is 9.81. The van der Waals surface area contributed by atoms with Gasteiger partial charge in [0.05, 0.1) is 6.54 Å². The van der Waals surface area contributed by atoms with Crippen LogP contribution in [0.15, 0.2) is 18.2 Å². The molecule has 0 aliphatic heterocycles. The first-order valence-electron chi connectivity index (χ1n) is 7.41. The monoisotopic (exact) mass is 276 g/mol. The SMILES string of the molecule is COCCCNC(=O)CNc1cccc2c1CCCC2. The van der Waals surface area contributed by atoms with Crippen LogP contribution in [0.3, 0.4) is 0 Å². The minimum absolute atomic E-state index is 0.0366. The highest BCUT2D eigenvalue weighted by Crippen LogP contribution is 2.27. The van der Waals surface area contributed by atoms with Gasteiger partial charge in [-0.2, -0.15) is 0 Å². The molecule has 110 valence electrons. The summed E-state index contributed by atoms with van der Waals surface area (Å²) in [4.78, 5) is 11.7. The summed E-state index contributed by atoms with van der Waals surface area (Å²) in [5, 5.41) is 6.16. The van der Waals surface area contributed by atoms with Crippen LogP contribution in [0.1, 0.15) is 30.4 Å². The number of methoxy groups -OCH3 is 1. The normalized spacial score (nSPS) is 13.7. The minimum atomic E-state index is 0.0366. The fourth-order valence-corrected chi connectivity index (χ4v) is 2.63.